The lowest BCUT2D eigenvalue weighted by Gasteiger charge is -1.98. The van der Waals surface area contributed by atoms with Gasteiger partial charge in [0, 0.05) is 21.0 Å². The minimum atomic E-state index is -0.389. The van der Waals surface area contributed by atoms with Crippen molar-refractivity contribution in [3.63, 3.8) is 0 Å². The number of thiophene rings is 1. The molecular weight excluding hydrogens is 379 g/mol. The Morgan fingerprint density at radius 3 is 2.95 bits per heavy atom. The van der Waals surface area contributed by atoms with Crippen LogP contribution in [0.4, 0.5) is 4.39 Å². The van der Waals surface area contributed by atoms with Crippen molar-refractivity contribution in [3.05, 3.63) is 56.8 Å². The largest absolute Gasteiger partial charge is 0.333 e. The molecule has 0 aliphatic rings. The van der Waals surface area contributed by atoms with Crippen molar-refractivity contribution in [2.75, 3.05) is 0 Å². The highest BCUT2D eigenvalue weighted by molar-refractivity contribution is 9.10. The molecule has 21 heavy (non-hydrogen) atoms. The molecule has 0 bridgehead atoms. The fourth-order valence-electron chi connectivity index (χ4n) is 1.65. The van der Waals surface area contributed by atoms with Gasteiger partial charge in [-0.05, 0) is 29.7 Å². The third kappa shape index (κ3) is 3.23. The van der Waals surface area contributed by atoms with Crippen LogP contribution in [0.3, 0.4) is 0 Å². The Morgan fingerprint density at radius 1 is 1.38 bits per heavy atom. The van der Waals surface area contributed by atoms with Crippen molar-refractivity contribution in [1.82, 2.24) is 10.1 Å². The van der Waals surface area contributed by atoms with Gasteiger partial charge in [-0.15, -0.1) is 0 Å². The van der Waals surface area contributed by atoms with E-state index in [-0.39, 0.29) is 16.7 Å². The highest BCUT2D eigenvalue weighted by Crippen LogP contribution is 2.26. The zero-order chi connectivity index (χ0) is 14.8. The highest BCUT2D eigenvalue weighted by atomic mass is 79.9. The molecule has 0 atom stereocenters. The Labute approximate surface area is 137 Å². The van der Waals surface area contributed by atoms with E-state index < -0.39 is 0 Å². The third-order valence-electron chi connectivity index (χ3n) is 2.65. The predicted octanol–water partition coefficient (Wildman–Crippen LogP) is 5.44. The SMILES string of the molecule is Fc1cc(Br)ccc1/C=C(/Cl)c1nc(-c2ccsc2)no1. The van der Waals surface area contributed by atoms with Crippen molar-refractivity contribution < 1.29 is 8.91 Å². The van der Waals surface area contributed by atoms with Gasteiger partial charge in [-0.25, -0.2) is 4.39 Å². The Hall–Kier alpha value is -1.50. The van der Waals surface area contributed by atoms with Crippen LogP contribution in [0.1, 0.15) is 11.5 Å². The van der Waals surface area contributed by atoms with E-state index in [9.17, 15) is 4.39 Å². The Bertz CT molecular complexity index is 801. The quantitative estimate of drug-likeness (QED) is 0.603. The Kier molecular flexibility index (Phi) is 4.19. The number of hydrogen-bond donors (Lipinski definition) is 0. The summed E-state index contributed by atoms with van der Waals surface area (Å²) in [5.41, 5.74) is 1.20. The molecule has 106 valence electrons. The van der Waals surface area contributed by atoms with Crippen LogP contribution in [0, 0.1) is 5.82 Å². The van der Waals surface area contributed by atoms with Crippen molar-refractivity contribution >= 4 is 50.0 Å². The zero-order valence-electron chi connectivity index (χ0n) is 10.4. The van der Waals surface area contributed by atoms with E-state index in [0.717, 1.165) is 5.56 Å². The Balaban J connectivity index is 1.91. The van der Waals surface area contributed by atoms with Gasteiger partial charge in [0.2, 0.25) is 5.82 Å². The molecule has 0 saturated carbocycles. The normalized spacial score (nSPS) is 11.9. The van der Waals surface area contributed by atoms with Crippen molar-refractivity contribution in [1.29, 1.82) is 0 Å². The number of halogens is 3. The average Bonchev–Trinajstić information content (AvgIpc) is 3.10. The van der Waals surface area contributed by atoms with Crippen LogP contribution in [0.2, 0.25) is 0 Å². The second-order valence-corrected chi connectivity index (χ2v) is 6.20. The first kappa shape index (κ1) is 14.4. The summed E-state index contributed by atoms with van der Waals surface area (Å²) in [5.74, 6) is 0.217. The molecule has 7 heteroatoms. The summed E-state index contributed by atoms with van der Waals surface area (Å²) in [6.45, 7) is 0. The van der Waals surface area contributed by atoms with Gasteiger partial charge in [-0.1, -0.05) is 38.8 Å². The number of aromatic nitrogens is 2. The van der Waals surface area contributed by atoms with Gasteiger partial charge in [0.15, 0.2) is 0 Å². The summed E-state index contributed by atoms with van der Waals surface area (Å²) in [4.78, 5) is 4.19. The van der Waals surface area contributed by atoms with Crippen molar-refractivity contribution in [3.8, 4) is 11.4 Å². The molecule has 0 amide bonds. The lowest BCUT2D eigenvalue weighted by Crippen LogP contribution is -1.84. The standard InChI is InChI=1S/C14H7BrClFN2OS/c15-10-2-1-8(12(17)6-10)5-11(16)14-18-13(19-20-14)9-3-4-21-7-9/h1-7H/b11-5+. The minimum absolute atomic E-state index is 0.153. The monoisotopic (exact) mass is 384 g/mol. The van der Waals surface area contributed by atoms with E-state index >= 15 is 0 Å². The van der Waals surface area contributed by atoms with Crippen LogP contribution >= 0.6 is 38.9 Å². The molecule has 3 nitrogen and oxygen atoms in total. The average molecular weight is 386 g/mol. The van der Waals surface area contributed by atoms with Crippen LogP contribution in [0.5, 0.6) is 0 Å². The first-order chi connectivity index (χ1) is 10.1. The van der Waals surface area contributed by atoms with Crippen LogP contribution in [0.15, 0.2) is 44.0 Å². The molecular formula is C14H7BrClFN2OS. The molecule has 1 aromatic carbocycles. The third-order valence-corrected chi connectivity index (χ3v) is 4.10. The van der Waals surface area contributed by atoms with Crippen LogP contribution in [-0.4, -0.2) is 10.1 Å². The van der Waals surface area contributed by atoms with Crippen molar-refractivity contribution in [2.45, 2.75) is 0 Å². The van der Waals surface area contributed by atoms with Crippen LogP contribution in [-0.2, 0) is 0 Å². The maximum absolute atomic E-state index is 13.8. The lowest BCUT2D eigenvalue weighted by molar-refractivity contribution is 0.410. The lowest BCUT2D eigenvalue weighted by atomic mass is 10.2. The second kappa shape index (κ2) is 6.09. The van der Waals surface area contributed by atoms with Gasteiger partial charge in [-0.3, -0.25) is 0 Å². The van der Waals surface area contributed by atoms with Crippen LogP contribution < -0.4 is 0 Å². The summed E-state index contributed by atoms with van der Waals surface area (Å²) < 4.78 is 19.5. The van der Waals surface area contributed by atoms with Gasteiger partial charge in [0.1, 0.15) is 10.8 Å². The molecule has 0 aliphatic carbocycles. The van der Waals surface area contributed by atoms with E-state index in [2.05, 4.69) is 26.1 Å². The topological polar surface area (TPSA) is 38.9 Å². The van der Waals surface area contributed by atoms with Crippen molar-refractivity contribution in [2.24, 2.45) is 0 Å². The van der Waals surface area contributed by atoms with Gasteiger partial charge in [0.05, 0.1) is 0 Å². The zero-order valence-corrected chi connectivity index (χ0v) is 13.5. The fourth-order valence-corrected chi connectivity index (χ4v) is 2.81. The fraction of sp³-hybridized carbons (Fsp3) is 0. The molecule has 3 rings (SSSR count). The number of nitrogens with zero attached hydrogens (tertiary/aromatic N) is 2. The van der Waals surface area contributed by atoms with Gasteiger partial charge < -0.3 is 4.52 Å². The molecule has 0 fully saturated rings. The molecule has 2 aromatic heterocycles. The van der Waals surface area contributed by atoms with Crippen LogP contribution in [0.25, 0.3) is 22.5 Å². The summed E-state index contributed by atoms with van der Waals surface area (Å²) in [5, 5.41) is 7.86. The van der Waals surface area contributed by atoms with Gasteiger partial charge >= 0.3 is 0 Å². The molecule has 0 N–H and O–H groups in total. The molecule has 0 spiro atoms. The highest BCUT2D eigenvalue weighted by Gasteiger charge is 2.12. The first-order valence-corrected chi connectivity index (χ1v) is 7.94. The first-order valence-electron chi connectivity index (χ1n) is 5.82. The molecule has 0 unspecified atom stereocenters. The predicted molar refractivity (Wildman–Crippen MR) is 85.4 cm³/mol. The summed E-state index contributed by atoms with van der Waals surface area (Å²) >= 11 is 10.9. The maximum atomic E-state index is 13.8. The smallest absolute Gasteiger partial charge is 0.269 e. The summed E-state index contributed by atoms with van der Waals surface area (Å²) in [6.07, 6.45) is 1.45. The molecule has 0 saturated heterocycles. The maximum Gasteiger partial charge on any atom is 0.269 e. The van der Waals surface area contributed by atoms with E-state index in [1.807, 2.05) is 16.8 Å². The number of hydrogen-bond acceptors (Lipinski definition) is 4. The summed E-state index contributed by atoms with van der Waals surface area (Å²) in [7, 11) is 0. The minimum Gasteiger partial charge on any atom is -0.333 e. The molecule has 0 aliphatic heterocycles. The van der Waals surface area contributed by atoms with E-state index in [0.29, 0.717) is 15.9 Å². The second-order valence-electron chi connectivity index (χ2n) is 4.09. The molecule has 0 radical (unpaired) electrons. The van der Waals surface area contributed by atoms with Gasteiger partial charge in [0.25, 0.3) is 5.89 Å². The molecule has 2 heterocycles. The number of benzene rings is 1. The molecule has 3 aromatic rings. The van der Waals surface area contributed by atoms with E-state index in [1.54, 1.807) is 12.1 Å². The summed E-state index contributed by atoms with van der Waals surface area (Å²) in [6, 6.07) is 6.58. The van der Waals surface area contributed by atoms with E-state index in [1.165, 1.54) is 23.5 Å². The Morgan fingerprint density at radius 2 is 2.24 bits per heavy atom. The van der Waals surface area contributed by atoms with E-state index in [4.69, 9.17) is 16.1 Å². The van der Waals surface area contributed by atoms with Gasteiger partial charge in [-0.2, -0.15) is 16.3 Å². The number of rotatable bonds is 3.